The molecule has 0 aliphatic carbocycles. The molecule has 2 heterocycles. The van der Waals surface area contributed by atoms with Gasteiger partial charge < -0.3 is 4.42 Å². The third-order valence-corrected chi connectivity index (χ3v) is 4.13. The molecule has 0 amide bonds. The molecule has 108 valence electrons. The number of hydrogen-bond acceptors (Lipinski definition) is 5. The van der Waals surface area contributed by atoms with Gasteiger partial charge in [-0.05, 0) is 18.2 Å². The van der Waals surface area contributed by atoms with Crippen molar-refractivity contribution in [3.8, 4) is 11.3 Å². The zero-order chi connectivity index (χ0) is 14.9. The van der Waals surface area contributed by atoms with Crippen LogP contribution in [-0.4, -0.2) is 23.6 Å². The molecule has 0 atom stereocenters. The molecule has 0 fully saturated rings. The van der Waals surface area contributed by atoms with Crippen molar-refractivity contribution >= 4 is 15.7 Å². The zero-order valence-corrected chi connectivity index (χ0v) is 11.9. The summed E-state index contributed by atoms with van der Waals surface area (Å²) in [5.41, 5.74) is 2.00. The summed E-state index contributed by atoms with van der Waals surface area (Å²) in [6.07, 6.45) is 2.93. The Kier molecular flexibility index (Phi) is 3.22. The van der Waals surface area contributed by atoms with Crippen LogP contribution in [0.3, 0.4) is 0 Å². The summed E-state index contributed by atoms with van der Waals surface area (Å²) >= 11 is 0. The van der Waals surface area contributed by atoms with Crippen molar-refractivity contribution in [2.45, 2.75) is 11.9 Å². The van der Waals surface area contributed by atoms with Gasteiger partial charge in [0, 0.05) is 18.2 Å². The molecular formula is C13H12N4O3S. The van der Waals surface area contributed by atoms with Gasteiger partial charge in [-0.1, -0.05) is 12.1 Å². The van der Waals surface area contributed by atoms with E-state index in [9.17, 15) is 8.42 Å². The number of nitrogens with one attached hydrogen (secondary N) is 2. The van der Waals surface area contributed by atoms with Gasteiger partial charge in [0.05, 0.1) is 6.20 Å². The lowest BCUT2D eigenvalue weighted by Crippen LogP contribution is -2.13. The molecule has 0 aliphatic heterocycles. The summed E-state index contributed by atoms with van der Waals surface area (Å²) in [6, 6.07) is 8.24. The Morgan fingerprint density at radius 3 is 2.52 bits per heavy atom. The minimum absolute atomic E-state index is 0.0127. The van der Waals surface area contributed by atoms with E-state index in [2.05, 4.69) is 19.9 Å². The van der Waals surface area contributed by atoms with Crippen molar-refractivity contribution in [3.05, 3.63) is 48.7 Å². The van der Waals surface area contributed by atoms with Gasteiger partial charge >= 0.3 is 0 Å². The van der Waals surface area contributed by atoms with E-state index in [-0.39, 0.29) is 5.03 Å². The van der Waals surface area contributed by atoms with Crippen LogP contribution in [0.2, 0.25) is 0 Å². The Bertz CT molecular complexity index is 836. The van der Waals surface area contributed by atoms with E-state index in [1.807, 2.05) is 0 Å². The van der Waals surface area contributed by atoms with Crippen LogP contribution in [0, 0.1) is 6.92 Å². The van der Waals surface area contributed by atoms with E-state index in [1.54, 1.807) is 37.5 Å². The maximum absolute atomic E-state index is 12.0. The first-order chi connectivity index (χ1) is 10.0. The number of oxazole rings is 1. The van der Waals surface area contributed by atoms with Gasteiger partial charge in [0.15, 0.2) is 10.9 Å². The first-order valence-corrected chi connectivity index (χ1v) is 7.58. The SMILES string of the molecule is Cc1nc(-c2ccc(NS(=O)(=O)c3ccn[nH]3)cc2)co1. The first-order valence-electron chi connectivity index (χ1n) is 6.09. The Hall–Kier alpha value is -2.61. The number of benzene rings is 1. The molecule has 1 aromatic carbocycles. The molecule has 0 radical (unpaired) electrons. The highest BCUT2D eigenvalue weighted by Crippen LogP contribution is 2.22. The summed E-state index contributed by atoms with van der Waals surface area (Å²) < 4.78 is 31.6. The molecule has 0 unspecified atom stereocenters. The van der Waals surface area contributed by atoms with Gasteiger partial charge in [-0.2, -0.15) is 13.5 Å². The Labute approximate surface area is 121 Å². The van der Waals surface area contributed by atoms with Gasteiger partial charge in [-0.15, -0.1) is 0 Å². The van der Waals surface area contributed by atoms with Crippen LogP contribution in [0.25, 0.3) is 11.3 Å². The van der Waals surface area contributed by atoms with E-state index in [1.165, 1.54) is 12.3 Å². The average Bonchev–Trinajstić information content (AvgIpc) is 3.10. The fourth-order valence-corrected chi connectivity index (χ4v) is 2.78. The monoisotopic (exact) mass is 304 g/mol. The average molecular weight is 304 g/mol. The van der Waals surface area contributed by atoms with Crippen molar-refractivity contribution in [1.29, 1.82) is 0 Å². The van der Waals surface area contributed by atoms with Crippen LogP contribution >= 0.6 is 0 Å². The molecule has 3 rings (SSSR count). The fourth-order valence-electron chi connectivity index (χ4n) is 1.81. The summed E-state index contributed by atoms with van der Waals surface area (Å²) in [4.78, 5) is 4.21. The van der Waals surface area contributed by atoms with Crippen LogP contribution in [0.4, 0.5) is 5.69 Å². The largest absolute Gasteiger partial charge is 0.449 e. The second kappa shape index (κ2) is 5.06. The number of hydrogen-bond donors (Lipinski definition) is 2. The lowest BCUT2D eigenvalue weighted by Gasteiger charge is -2.06. The summed E-state index contributed by atoms with van der Waals surface area (Å²) in [5.74, 6) is 0.578. The van der Waals surface area contributed by atoms with E-state index in [0.717, 1.165) is 5.56 Å². The number of anilines is 1. The second-order valence-electron chi connectivity index (χ2n) is 4.36. The van der Waals surface area contributed by atoms with Gasteiger partial charge in [-0.3, -0.25) is 9.82 Å². The van der Waals surface area contributed by atoms with Gasteiger partial charge in [0.25, 0.3) is 10.0 Å². The van der Waals surface area contributed by atoms with Crippen LogP contribution in [0.15, 0.2) is 52.2 Å². The van der Waals surface area contributed by atoms with Gasteiger partial charge in [0.1, 0.15) is 12.0 Å². The molecule has 21 heavy (non-hydrogen) atoms. The van der Waals surface area contributed by atoms with E-state index in [4.69, 9.17) is 4.42 Å². The Morgan fingerprint density at radius 1 is 1.19 bits per heavy atom. The van der Waals surface area contributed by atoms with Gasteiger partial charge in [0.2, 0.25) is 0 Å². The Morgan fingerprint density at radius 2 is 1.95 bits per heavy atom. The minimum atomic E-state index is -3.65. The number of aryl methyl sites for hydroxylation is 1. The third-order valence-electron chi connectivity index (χ3n) is 2.82. The lowest BCUT2D eigenvalue weighted by molar-refractivity contribution is 0.521. The van der Waals surface area contributed by atoms with Crippen molar-refractivity contribution in [3.63, 3.8) is 0 Å². The number of aromatic nitrogens is 3. The standard InChI is InChI=1S/C13H12N4O3S/c1-9-15-12(8-20-9)10-2-4-11(5-3-10)17-21(18,19)13-6-7-14-16-13/h2-8,17H,1H3,(H,14,16). The molecule has 7 nitrogen and oxygen atoms in total. The molecular weight excluding hydrogens is 292 g/mol. The smallest absolute Gasteiger partial charge is 0.278 e. The maximum atomic E-state index is 12.0. The second-order valence-corrected chi connectivity index (χ2v) is 6.01. The highest BCUT2D eigenvalue weighted by atomic mass is 32.2. The normalized spacial score (nSPS) is 11.5. The van der Waals surface area contributed by atoms with Crippen molar-refractivity contribution < 1.29 is 12.8 Å². The molecule has 0 aliphatic rings. The number of H-pyrrole nitrogens is 1. The zero-order valence-electron chi connectivity index (χ0n) is 11.1. The summed E-state index contributed by atoms with van der Waals surface area (Å²) in [6.45, 7) is 1.76. The van der Waals surface area contributed by atoms with Crippen molar-refractivity contribution in [1.82, 2.24) is 15.2 Å². The molecule has 0 saturated heterocycles. The topological polar surface area (TPSA) is 101 Å². The van der Waals surface area contributed by atoms with Crippen LogP contribution in [-0.2, 0) is 10.0 Å². The highest BCUT2D eigenvalue weighted by molar-refractivity contribution is 7.92. The molecule has 2 N–H and O–H groups in total. The molecule has 3 aromatic rings. The molecule has 0 spiro atoms. The predicted octanol–water partition coefficient (Wildman–Crippen LogP) is 2.17. The minimum Gasteiger partial charge on any atom is -0.449 e. The van der Waals surface area contributed by atoms with Crippen LogP contribution in [0.1, 0.15) is 5.89 Å². The van der Waals surface area contributed by atoms with Crippen LogP contribution in [0.5, 0.6) is 0 Å². The molecule has 0 bridgehead atoms. The first kappa shape index (κ1) is 13.4. The molecule has 8 heteroatoms. The van der Waals surface area contributed by atoms with Gasteiger partial charge in [-0.25, -0.2) is 4.98 Å². The third kappa shape index (κ3) is 2.79. The maximum Gasteiger partial charge on any atom is 0.278 e. The van der Waals surface area contributed by atoms with Crippen molar-refractivity contribution in [2.24, 2.45) is 0 Å². The summed E-state index contributed by atoms with van der Waals surface area (Å²) in [7, 11) is -3.65. The number of rotatable bonds is 4. The quantitative estimate of drug-likeness (QED) is 0.769. The number of nitrogens with zero attached hydrogens (tertiary/aromatic N) is 2. The fraction of sp³-hybridized carbons (Fsp3) is 0.0769. The predicted molar refractivity (Wildman–Crippen MR) is 76.1 cm³/mol. The highest BCUT2D eigenvalue weighted by Gasteiger charge is 2.15. The van der Waals surface area contributed by atoms with Crippen LogP contribution < -0.4 is 4.72 Å². The van der Waals surface area contributed by atoms with E-state index in [0.29, 0.717) is 17.3 Å². The number of aromatic amines is 1. The Balaban J connectivity index is 1.82. The van der Waals surface area contributed by atoms with E-state index >= 15 is 0 Å². The molecule has 2 aromatic heterocycles. The van der Waals surface area contributed by atoms with E-state index < -0.39 is 10.0 Å². The molecule has 0 saturated carbocycles. The summed E-state index contributed by atoms with van der Waals surface area (Å²) in [5, 5.41) is 6.05. The lowest BCUT2D eigenvalue weighted by atomic mass is 10.1. The van der Waals surface area contributed by atoms with Crippen molar-refractivity contribution in [2.75, 3.05) is 4.72 Å². The number of sulfonamides is 1.